The van der Waals surface area contributed by atoms with Gasteiger partial charge in [0.25, 0.3) is 5.91 Å². The zero-order valence-electron chi connectivity index (χ0n) is 11.9. The molecule has 1 atom stereocenters. The Labute approximate surface area is 118 Å². The summed E-state index contributed by atoms with van der Waals surface area (Å²) in [6, 6.07) is -0.919. The number of alkyl halides is 2. The molecule has 4 nitrogen and oxygen atoms in total. The monoisotopic (exact) mass is 291 g/mol. The number of carbonyl (C=O) groups excluding carboxylic acids is 2. The van der Waals surface area contributed by atoms with E-state index < -0.39 is 30.3 Å². The zero-order chi connectivity index (χ0) is 15.0. The topological polar surface area (TPSA) is 55.4 Å². The maximum absolute atomic E-state index is 13.6. The molecule has 20 heavy (non-hydrogen) atoms. The highest BCUT2D eigenvalue weighted by Crippen LogP contribution is 2.23. The molecule has 1 rings (SSSR count). The lowest BCUT2D eigenvalue weighted by atomic mass is 10.1. The van der Waals surface area contributed by atoms with Crippen LogP contribution in [0.1, 0.15) is 58.3 Å². The fourth-order valence-corrected chi connectivity index (χ4v) is 2.13. The van der Waals surface area contributed by atoms with Gasteiger partial charge in [-0.25, -0.2) is 4.79 Å². The van der Waals surface area contributed by atoms with Crippen molar-refractivity contribution in [2.24, 2.45) is 0 Å². The fourth-order valence-electron chi connectivity index (χ4n) is 2.13. The first-order valence-corrected chi connectivity index (χ1v) is 7.33. The lowest BCUT2D eigenvalue weighted by molar-refractivity contribution is -0.150. The smallest absolute Gasteiger partial charge is 0.328 e. The highest BCUT2D eigenvalue weighted by atomic mass is 19.3. The van der Waals surface area contributed by atoms with Crippen LogP contribution < -0.4 is 5.32 Å². The Bertz CT molecular complexity index is 334. The lowest BCUT2D eigenvalue weighted by Crippen LogP contribution is -2.46. The number of carbonyl (C=O) groups is 2. The number of halogens is 2. The van der Waals surface area contributed by atoms with E-state index in [0.717, 1.165) is 25.7 Å². The molecule has 6 heteroatoms. The van der Waals surface area contributed by atoms with E-state index in [2.05, 4.69) is 17.0 Å². The summed E-state index contributed by atoms with van der Waals surface area (Å²) in [5.74, 6) is -5.41. The molecule has 1 aliphatic rings. The minimum absolute atomic E-state index is 0.173. The van der Waals surface area contributed by atoms with E-state index >= 15 is 0 Å². The van der Waals surface area contributed by atoms with Crippen molar-refractivity contribution in [3.8, 4) is 0 Å². The fraction of sp³-hybridized carbons (Fsp3) is 0.857. The standard InChI is InChI=1S/C14H23F2NO3/c1-2-3-4-5-6-7-9-14(15,16)13(19)17-11-8-10-20-12(11)18/h11H,2-10H2,1H3,(H,17,19). The molecule has 0 aliphatic carbocycles. The van der Waals surface area contributed by atoms with Crippen LogP contribution in [0, 0.1) is 0 Å². The van der Waals surface area contributed by atoms with Crippen LogP contribution in [0.2, 0.25) is 0 Å². The minimum atomic E-state index is -3.41. The molecule has 0 radical (unpaired) electrons. The summed E-state index contributed by atoms with van der Waals surface area (Å²) in [4.78, 5) is 22.6. The molecule has 1 fully saturated rings. The minimum Gasteiger partial charge on any atom is -0.464 e. The number of hydrogen-bond acceptors (Lipinski definition) is 3. The maximum atomic E-state index is 13.6. The van der Waals surface area contributed by atoms with Gasteiger partial charge in [-0.15, -0.1) is 0 Å². The van der Waals surface area contributed by atoms with Gasteiger partial charge in [0.05, 0.1) is 6.61 Å². The van der Waals surface area contributed by atoms with E-state index in [1.807, 2.05) is 0 Å². The van der Waals surface area contributed by atoms with Crippen LogP contribution in [0.3, 0.4) is 0 Å². The van der Waals surface area contributed by atoms with Crippen LogP contribution in [0.15, 0.2) is 0 Å². The first-order chi connectivity index (χ1) is 9.47. The van der Waals surface area contributed by atoms with Crippen LogP contribution in [0.5, 0.6) is 0 Å². The number of ether oxygens (including phenoxy) is 1. The van der Waals surface area contributed by atoms with Crippen molar-refractivity contribution in [2.45, 2.75) is 70.3 Å². The second kappa shape index (κ2) is 8.17. The number of nitrogens with one attached hydrogen (secondary N) is 1. The van der Waals surface area contributed by atoms with Gasteiger partial charge in [0, 0.05) is 12.8 Å². The van der Waals surface area contributed by atoms with E-state index in [4.69, 9.17) is 0 Å². The number of amides is 1. The van der Waals surface area contributed by atoms with Crippen LogP contribution >= 0.6 is 0 Å². The predicted octanol–water partition coefficient (Wildman–Crippen LogP) is 2.80. The molecule has 0 saturated carbocycles. The molecule has 0 bridgehead atoms. The van der Waals surface area contributed by atoms with Crippen molar-refractivity contribution in [2.75, 3.05) is 6.61 Å². The Kier molecular flexibility index (Phi) is 6.88. The molecule has 0 aromatic carbocycles. The van der Waals surface area contributed by atoms with Gasteiger partial charge in [-0.3, -0.25) is 4.79 Å². The normalized spacial score (nSPS) is 18.9. The highest BCUT2D eigenvalue weighted by molar-refractivity contribution is 5.89. The van der Waals surface area contributed by atoms with Gasteiger partial charge in [-0.05, 0) is 6.42 Å². The molecule has 0 aromatic heterocycles. The predicted molar refractivity (Wildman–Crippen MR) is 70.4 cm³/mol. The number of esters is 1. The first kappa shape index (κ1) is 16.9. The third-order valence-corrected chi connectivity index (χ3v) is 3.42. The van der Waals surface area contributed by atoms with Crippen molar-refractivity contribution in [3.05, 3.63) is 0 Å². The van der Waals surface area contributed by atoms with Crippen LogP contribution in [-0.4, -0.2) is 30.4 Å². The maximum Gasteiger partial charge on any atom is 0.328 e. The van der Waals surface area contributed by atoms with Gasteiger partial charge in [0.1, 0.15) is 6.04 Å². The summed E-state index contributed by atoms with van der Waals surface area (Å²) in [6.45, 7) is 2.26. The quantitative estimate of drug-likeness (QED) is 0.525. The summed E-state index contributed by atoms with van der Waals surface area (Å²) < 4.78 is 31.8. The SMILES string of the molecule is CCCCCCCCC(F)(F)C(=O)NC1CCOC1=O. The zero-order valence-corrected chi connectivity index (χ0v) is 11.9. The Morgan fingerprint density at radius 2 is 1.95 bits per heavy atom. The van der Waals surface area contributed by atoms with E-state index in [1.54, 1.807) is 0 Å². The third kappa shape index (κ3) is 5.43. The number of hydrogen-bond donors (Lipinski definition) is 1. The van der Waals surface area contributed by atoms with Gasteiger partial charge in [-0.2, -0.15) is 8.78 Å². The van der Waals surface area contributed by atoms with Crippen molar-refractivity contribution in [3.63, 3.8) is 0 Å². The highest BCUT2D eigenvalue weighted by Gasteiger charge is 2.41. The van der Waals surface area contributed by atoms with E-state index in [0.29, 0.717) is 12.8 Å². The molecule has 1 unspecified atom stereocenters. The van der Waals surface area contributed by atoms with Crippen molar-refractivity contribution < 1.29 is 23.1 Å². The summed E-state index contributed by atoms with van der Waals surface area (Å²) in [5.41, 5.74) is 0. The Morgan fingerprint density at radius 3 is 2.55 bits per heavy atom. The lowest BCUT2D eigenvalue weighted by Gasteiger charge is -2.17. The largest absolute Gasteiger partial charge is 0.464 e. The van der Waals surface area contributed by atoms with Gasteiger partial charge < -0.3 is 10.1 Å². The second-order valence-corrected chi connectivity index (χ2v) is 5.20. The number of cyclic esters (lactones) is 1. The molecule has 116 valence electrons. The molecule has 1 heterocycles. The number of rotatable bonds is 9. The average molecular weight is 291 g/mol. The van der Waals surface area contributed by atoms with Gasteiger partial charge >= 0.3 is 11.9 Å². The summed E-state index contributed by atoms with van der Waals surface area (Å²) >= 11 is 0. The van der Waals surface area contributed by atoms with Crippen LogP contribution in [-0.2, 0) is 14.3 Å². The molecule has 1 amide bonds. The molecular weight excluding hydrogens is 268 g/mol. The Balaban J connectivity index is 2.24. The Hall–Kier alpha value is -1.20. The van der Waals surface area contributed by atoms with Crippen molar-refractivity contribution in [1.82, 2.24) is 5.32 Å². The van der Waals surface area contributed by atoms with Gasteiger partial charge in [0.2, 0.25) is 0 Å². The van der Waals surface area contributed by atoms with Crippen molar-refractivity contribution in [1.29, 1.82) is 0 Å². The van der Waals surface area contributed by atoms with Crippen LogP contribution in [0.4, 0.5) is 8.78 Å². The van der Waals surface area contributed by atoms with E-state index in [1.165, 1.54) is 0 Å². The molecule has 1 saturated heterocycles. The average Bonchev–Trinajstić information content (AvgIpc) is 2.79. The molecule has 1 N–H and O–H groups in total. The first-order valence-electron chi connectivity index (χ1n) is 7.33. The van der Waals surface area contributed by atoms with Gasteiger partial charge in [0.15, 0.2) is 0 Å². The van der Waals surface area contributed by atoms with Crippen molar-refractivity contribution >= 4 is 11.9 Å². The summed E-state index contributed by atoms with van der Waals surface area (Å²) in [6.07, 6.45) is 5.00. The van der Waals surface area contributed by atoms with Gasteiger partial charge in [-0.1, -0.05) is 39.0 Å². The van der Waals surface area contributed by atoms with E-state index in [9.17, 15) is 18.4 Å². The molecular formula is C14H23F2NO3. The van der Waals surface area contributed by atoms with Crippen LogP contribution in [0.25, 0.3) is 0 Å². The summed E-state index contributed by atoms with van der Waals surface area (Å²) in [5, 5.41) is 2.07. The summed E-state index contributed by atoms with van der Waals surface area (Å²) in [7, 11) is 0. The molecule has 0 spiro atoms. The molecule has 1 aliphatic heterocycles. The molecule has 0 aromatic rings. The number of unbranched alkanes of at least 4 members (excludes halogenated alkanes) is 5. The van der Waals surface area contributed by atoms with E-state index in [-0.39, 0.29) is 13.0 Å². The third-order valence-electron chi connectivity index (χ3n) is 3.42. The second-order valence-electron chi connectivity index (χ2n) is 5.20. The Morgan fingerprint density at radius 1 is 1.30 bits per heavy atom.